The van der Waals surface area contributed by atoms with Crippen molar-refractivity contribution in [2.24, 2.45) is 5.10 Å². The summed E-state index contributed by atoms with van der Waals surface area (Å²) in [4.78, 5) is 4.62. The van der Waals surface area contributed by atoms with Crippen LogP contribution in [0.3, 0.4) is 0 Å². The van der Waals surface area contributed by atoms with Crippen molar-refractivity contribution in [1.29, 1.82) is 0 Å². The molecule has 0 saturated carbocycles. The molecule has 4 nitrogen and oxygen atoms in total. The van der Waals surface area contributed by atoms with Gasteiger partial charge in [-0.25, -0.2) is 9.99 Å². The van der Waals surface area contributed by atoms with Gasteiger partial charge < -0.3 is 4.74 Å². The summed E-state index contributed by atoms with van der Waals surface area (Å²) in [6.07, 6.45) is 4.06. The molecule has 0 N–H and O–H groups in total. The molecule has 1 aromatic carbocycles. The third-order valence-electron chi connectivity index (χ3n) is 2.85. The molecule has 0 spiro atoms. The Balaban J connectivity index is 2.00. The van der Waals surface area contributed by atoms with Crippen LogP contribution in [0, 0.1) is 0 Å². The molecule has 1 heterocycles. The zero-order chi connectivity index (χ0) is 14.2. The summed E-state index contributed by atoms with van der Waals surface area (Å²) < 4.78 is 6.79. The van der Waals surface area contributed by atoms with Gasteiger partial charge in [-0.1, -0.05) is 36.8 Å². The lowest BCUT2D eigenvalue weighted by molar-refractivity contribution is 0.137. The number of ether oxygens (including phenoxy) is 1. The normalized spacial score (nSPS) is 11.5. The molecule has 0 radical (unpaired) electrons. The number of hydrazone groups is 1. The SMILES string of the molecule is C/C=N/N(CCOCCCC)c1nc2ccccc2s1. The zero-order valence-corrected chi connectivity index (χ0v) is 12.9. The fraction of sp³-hybridized carbons (Fsp3) is 0.467. The molecule has 0 aliphatic rings. The highest BCUT2D eigenvalue weighted by Crippen LogP contribution is 2.28. The van der Waals surface area contributed by atoms with E-state index in [9.17, 15) is 0 Å². The van der Waals surface area contributed by atoms with E-state index in [0.29, 0.717) is 6.61 Å². The summed E-state index contributed by atoms with van der Waals surface area (Å²) in [7, 11) is 0. The van der Waals surface area contributed by atoms with E-state index >= 15 is 0 Å². The zero-order valence-electron chi connectivity index (χ0n) is 12.1. The van der Waals surface area contributed by atoms with E-state index in [1.165, 1.54) is 4.70 Å². The second kappa shape index (κ2) is 7.97. The molecule has 0 bridgehead atoms. The number of aromatic nitrogens is 1. The van der Waals surface area contributed by atoms with Gasteiger partial charge in [0.2, 0.25) is 5.13 Å². The molecule has 2 aromatic rings. The Bertz CT molecular complexity index is 520. The number of para-hydroxylation sites is 1. The molecule has 1 aromatic heterocycles. The standard InChI is InChI=1S/C15H21N3OS/c1-3-5-11-19-12-10-18(16-4-2)15-17-13-8-6-7-9-14(13)20-15/h4,6-9H,3,5,10-12H2,1-2H3/b16-4+. The topological polar surface area (TPSA) is 37.7 Å². The van der Waals surface area contributed by atoms with Crippen molar-refractivity contribution in [3.8, 4) is 0 Å². The Morgan fingerprint density at radius 2 is 2.20 bits per heavy atom. The van der Waals surface area contributed by atoms with Gasteiger partial charge in [-0.15, -0.1) is 0 Å². The van der Waals surface area contributed by atoms with Crippen molar-refractivity contribution in [3.63, 3.8) is 0 Å². The second-order valence-electron chi connectivity index (χ2n) is 4.43. The van der Waals surface area contributed by atoms with Gasteiger partial charge in [0.05, 0.1) is 23.4 Å². The first kappa shape index (κ1) is 14.9. The van der Waals surface area contributed by atoms with Crippen molar-refractivity contribution in [1.82, 2.24) is 4.98 Å². The van der Waals surface area contributed by atoms with Crippen molar-refractivity contribution in [2.75, 3.05) is 24.8 Å². The summed E-state index contributed by atoms with van der Waals surface area (Å²) in [6, 6.07) is 8.15. The number of nitrogens with zero attached hydrogens (tertiary/aromatic N) is 3. The predicted octanol–water partition coefficient (Wildman–Crippen LogP) is 3.93. The number of benzene rings is 1. The second-order valence-corrected chi connectivity index (χ2v) is 5.44. The first-order valence-electron chi connectivity index (χ1n) is 7.04. The van der Waals surface area contributed by atoms with Gasteiger partial charge in [0, 0.05) is 12.8 Å². The summed E-state index contributed by atoms with van der Waals surface area (Å²) >= 11 is 1.66. The molecule has 0 atom stereocenters. The molecule has 20 heavy (non-hydrogen) atoms. The van der Waals surface area contributed by atoms with E-state index in [0.717, 1.165) is 36.6 Å². The maximum absolute atomic E-state index is 5.61. The molecule has 0 aliphatic heterocycles. The van der Waals surface area contributed by atoms with E-state index in [1.54, 1.807) is 17.6 Å². The highest BCUT2D eigenvalue weighted by Gasteiger charge is 2.10. The Labute approximate surface area is 124 Å². The van der Waals surface area contributed by atoms with Crippen LogP contribution in [0.15, 0.2) is 29.4 Å². The maximum Gasteiger partial charge on any atom is 0.207 e. The number of anilines is 1. The summed E-state index contributed by atoms with van der Waals surface area (Å²) in [5, 5.41) is 7.22. The molecule has 0 aliphatic carbocycles. The molecule has 0 saturated heterocycles. The first-order valence-corrected chi connectivity index (χ1v) is 7.86. The molecular formula is C15H21N3OS. The summed E-state index contributed by atoms with van der Waals surface area (Å²) in [5.41, 5.74) is 1.02. The monoisotopic (exact) mass is 291 g/mol. The molecule has 108 valence electrons. The van der Waals surface area contributed by atoms with Crippen LogP contribution in [0.25, 0.3) is 10.2 Å². The van der Waals surface area contributed by atoms with Gasteiger partial charge in [-0.2, -0.15) is 5.10 Å². The van der Waals surface area contributed by atoms with Crippen LogP contribution in [0.2, 0.25) is 0 Å². The lowest BCUT2D eigenvalue weighted by Crippen LogP contribution is -2.22. The number of unbranched alkanes of at least 4 members (excludes halogenated alkanes) is 1. The Morgan fingerprint density at radius 3 is 2.95 bits per heavy atom. The molecule has 0 unspecified atom stereocenters. The van der Waals surface area contributed by atoms with Crippen LogP contribution in [0.4, 0.5) is 5.13 Å². The van der Waals surface area contributed by atoms with Crippen LogP contribution in [-0.4, -0.2) is 31.0 Å². The maximum atomic E-state index is 5.61. The number of fused-ring (bicyclic) bond motifs is 1. The van der Waals surface area contributed by atoms with Crippen LogP contribution in [-0.2, 0) is 4.74 Å². The molecule has 2 rings (SSSR count). The van der Waals surface area contributed by atoms with Gasteiger partial charge >= 0.3 is 0 Å². The number of hydrogen-bond acceptors (Lipinski definition) is 5. The van der Waals surface area contributed by atoms with Gasteiger partial charge in [-0.05, 0) is 25.5 Å². The third-order valence-corrected chi connectivity index (χ3v) is 3.90. The van der Waals surface area contributed by atoms with E-state index in [1.807, 2.05) is 30.1 Å². The lowest BCUT2D eigenvalue weighted by Gasteiger charge is -2.15. The van der Waals surface area contributed by atoms with Crippen molar-refractivity contribution < 1.29 is 4.74 Å². The van der Waals surface area contributed by atoms with E-state index in [4.69, 9.17) is 4.74 Å². The number of thiazole rings is 1. The highest BCUT2D eigenvalue weighted by molar-refractivity contribution is 7.22. The van der Waals surface area contributed by atoms with Crippen LogP contribution >= 0.6 is 11.3 Å². The summed E-state index contributed by atoms with van der Waals surface area (Å²) in [6.45, 7) is 6.30. The number of hydrogen-bond donors (Lipinski definition) is 0. The van der Waals surface area contributed by atoms with Crippen LogP contribution < -0.4 is 5.01 Å². The van der Waals surface area contributed by atoms with Gasteiger partial charge in [0.1, 0.15) is 0 Å². The van der Waals surface area contributed by atoms with Crippen LogP contribution in [0.1, 0.15) is 26.7 Å². The first-order chi connectivity index (χ1) is 9.85. The predicted molar refractivity (Wildman–Crippen MR) is 86.9 cm³/mol. The minimum absolute atomic E-state index is 0.674. The van der Waals surface area contributed by atoms with Crippen molar-refractivity contribution in [3.05, 3.63) is 24.3 Å². The van der Waals surface area contributed by atoms with E-state index in [-0.39, 0.29) is 0 Å². The molecular weight excluding hydrogens is 270 g/mol. The Morgan fingerprint density at radius 1 is 1.35 bits per heavy atom. The lowest BCUT2D eigenvalue weighted by atomic mass is 10.3. The molecule has 0 amide bonds. The largest absolute Gasteiger partial charge is 0.380 e. The Kier molecular flexibility index (Phi) is 5.95. The quantitative estimate of drug-likeness (QED) is 0.420. The van der Waals surface area contributed by atoms with Crippen LogP contribution in [0.5, 0.6) is 0 Å². The van der Waals surface area contributed by atoms with Gasteiger partial charge in [0.25, 0.3) is 0 Å². The van der Waals surface area contributed by atoms with E-state index in [2.05, 4.69) is 23.1 Å². The van der Waals surface area contributed by atoms with Crippen molar-refractivity contribution in [2.45, 2.75) is 26.7 Å². The number of rotatable bonds is 8. The highest BCUT2D eigenvalue weighted by atomic mass is 32.1. The average molecular weight is 291 g/mol. The fourth-order valence-corrected chi connectivity index (χ4v) is 2.76. The van der Waals surface area contributed by atoms with Crippen molar-refractivity contribution >= 4 is 32.9 Å². The Hall–Kier alpha value is -1.46. The minimum Gasteiger partial charge on any atom is -0.380 e. The molecule has 0 fully saturated rings. The van der Waals surface area contributed by atoms with Gasteiger partial charge in [-0.3, -0.25) is 0 Å². The third kappa shape index (κ3) is 4.02. The average Bonchev–Trinajstić information content (AvgIpc) is 2.89. The van der Waals surface area contributed by atoms with Gasteiger partial charge in [0.15, 0.2) is 0 Å². The molecule has 5 heteroatoms. The van der Waals surface area contributed by atoms with E-state index < -0.39 is 0 Å². The fourth-order valence-electron chi connectivity index (χ4n) is 1.81. The smallest absolute Gasteiger partial charge is 0.207 e. The minimum atomic E-state index is 0.674. The summed E-state index contributed by atoms with van der Waals surface area (Å²) in [5.74, 6) is 0.